The Morgan fingerprint density at radius 1 is 1.36 bits per heavy atom. The monoisotopic (exact) mass is 163 g/mol. The van der Waals surface area contributed by atoms with E-state index in [0.717, 1.165) is 12.3 Å². The molecule has 0 spiro atoms. The number of alkyl halides is 3. The van der Waals surface area contributed by atoms with E-state index in [-0.39, 0.29) is 6.08 Å². The molecule has 0 saturated carbocycles. The van der Waals surface area contributed by atoms with Crippen LogP contribution < -0.4 is 0 Å². The molecule has 0 aliphatic carbocycles. The van der Waals surface area contributed by atoms with Crippen molar-refractivity contribution < 1.29 is 13.2 Å². The minimum atomic E-state index is -4.27. The third kappa shape index (κ3) is 6.83. The summed E-state index contributed by atoms with van der Waals surface area (Å²) in [6.07, 6.45) is -1.06. The summed E-state index contributed by atoms with van der Waals surface area (Å²) in [6, 6.07) is 0. The van der Waals surface area contributed by atoms with Crippen LogP contribution >= 0.6 is 0 Å². The smallest absolute Gasteiger partial charge is 0.308 e. The SMILES string of the molecule is C/C(C=N)=C/C=C/C(F)(F)F. The molecular formula is C7H8F3N. The largest absolute Gasteiger partial charge is 0.409 e. The quantitative estimate of drug-likeness (QED) is 0.478. The Balaban J connectivity index is 4.06. The van der Waals surface area contributed by atoms with Crippen molar-refractivity contribution in [2.24, 2.45) is 0 Å². The number of allylic oxidation sites excluding steroid dienone is 4. The third-order valence-electron chi connectivity index (χ3n) is 0.872. The molecule has 0 aliphatic rings. The van der Waals surface area contributed by atoms with E-state index in [4.69, 9.17) is 5.41 Å². The molecule has 0 heterocycles. The van der Waals surface area contributed by atoms with Gasteiger partial charge in [0.05, 0.1) is 0 Å². The highest BCUT2D eigenvalue weighted by Crippen LogP contribution is 2.15. The lowest BCUT2D eigenvalue weighted by atomic mass is 10.3. The van der Waals surface area contributed by atoms with Gasteiger partial charge in [0.15, 0.2) is 0 Å². The number of nitrogens with one attached hydrogen (secondary N) is 1. The average Bonchev–Trinajstić information content (AvgIpc) is 1.85. The highest BCUT2D eigenvalue weighted by molar-refractivity contribution is 5.75. The predicted molar refractivity (Wildman–Crippen MR) is 37.7 cm³/mol. The molecule has 1 nitrogen and oxygen atoms in total. The van der Waals surface area contributed by atoms with Gasteiger partial charge in [-0.2, -0.15) is 13.2 Å². The van der Waals surface area contributed by atoms with Crippen LogP contribution in [0, 0.1) is 5.41 Å². The van der Waals surface area contributed by atoms with Gasteiger partial charge in [-0.15, -0.1) is 0 Å². The van der Waals surface area contributed by atoms with Gasteiger partial charge in [0.1, 0.15) is 0 Å². The zero-order valence-corrected chi connectivity index (χ0v) is 5.94. The maximum absolute atomic E-state index is 11.4. The van der Waals surface area contributed by atoms with Crippen LogP contribution in [0.5, 0.6) is 0 Å². The summed E-state index contributed by atoms with van der Waals surface area (Å²) in [5.41, 5.74) is 0.477. The fraction of sp³-hybridized carbons (Fsp3) is 0.286. The van der Waals surface area contributed by atoms with Crippen LogP contribution in [0.2, 0.25) is 0 Å². The lowest BCUT2D eigenvalue weighted by Gasteiger charge is -1.94. The van der Waals surface area contributed by atoms with Gasteiger partial charge in [-0.05, 0) is 12.5 Å². The molecular weight excluding hydrogens is 155 g/mol. The molecule has 1 N–H and O–H groups in total. The fourth-order valence-corrected chi connectivity index (χ4v) is 0.357. The fourth-order valence-electron chi connectivity index (χ4n) is 0.357. The molecule has 0 fully saturated rings. The molecule has 0 aliphatic heterocycles. The van der Waals surface area contributed by atoms with Crippen LogP contribution in [0.25, 0.3) is 0 Å². The van der Waals surface area contributed by atoms with Crippen molar-refractivity contribution in [2.75, 3.05) is 0 Å². The molecule has 0 rings (SSSR count). The van der Waals surface area contributed by atoms with Crippen LogP contribution in [0.4, 0.5) is 13.2 Å². The number of halogens is 3. The molecule has 0 aromatic heterocycles. The Morgan fingerprint density at radius 2 is 1.91 bits per heavy atom. The van der Waals surface area contributed by atoms with E-state index in [1.165, 1.54) is 6.08 Å². The van der Waals surface area contributed by atoms with Crippen LogP contribution in [0.1, 0.15) is 6.92 Å². The van der Waals surface area contributed by atoms with E-state index in [1.54, 1.807) is 6.92 Å². The summed E-state index contributed by atoms with van der Waals surface area (Å²) in [7, 11) is 0. The van der Waals surface area contributed by atoms with Gasteiger partial charge in [-0.1, -0.05) is 12.2 Å². The molecule has 0 saturated heterocycles. The van der Waals surface area contributed by atoms with Crippen molar-refractivity contribution in [2.45, 2.75) is 13.1 Å². The average molecular weight is 163 g/mol. The first-order chi connectivity index (χ1) is 4.95. The van der Waals surface area contributed by atoms with Crippen molar-refractivity contribution in [3.8, 4) is 0 Å². The molecule has 0 bridgehead atoms. The van der Waals surface area contributed by atoms with E-state index in [0.29, 0.717) is 5.57 Å². The maximum atomic E-state index is 11.4. The molecule has 0 atom stereocenters. The summed E-state index contributed by atoms with van der Waals surface area (Å²) < 4.78 is 34.3. The summed E-state index contributed by atoms with van der Waals surface area (Å²) in [5.74, 6) is 0. The van der Waals surface area contributed by atoms with E-state index >= 15 is 0 Å². The first kappa shape index (κ1) is 9.94. The van der Waals surface area contributed by atoms with Crippen molar-refractivity contribution in [1.29, 1.82) is 5.41 Å². The Kier molecular flexibility index (Phi) is 3.57. The van der Waals surface area contributed by atoms with Gasteiger partial charge in [0.25, 0.3) is 0 Å². The van der Waals surface area contributed by atoms with Gasteiger partial charge in [0.2, 0.25) is 0 Å². The highest BCUT2D eigenvalue weighted by atomic mass is 19.4. The molecule has 4 heteroatoms. The second-order valence-electron chi connectivity index (χ2n) is 1.96. The molecule has 0 amide bonds. The number of hydrogen-bond donors (Lipinski definition) is 1. The Hall–Kier alpha value is -1.06. The second kappa shape index (κ2) is 3.95. The van der Waals surface area contributed by atoms with Crippen LogP contribution in [-0.4, -0.2) is 12.4 Å². The molecule has 11 heavy (non-hydrogen) atoms. The topological polar surface area (TPSA) is 23.9 Å². The van der Waals surface area contributed by atoms with Gasteiger partial charge in [-0.3, -0.25) is 0 Å². The number of hydrogen-bond acceptors (Lipinski definition) is 1. The van der Waals surface area contributed by atoms with Gasteiger partial charge in [0, 0.05) is 12.3 Å². The first-order valence-electron chi connectivity index (χ1n) is 2.89. The standard InChI is InChI=1S/C7H8F3N/c1-6(5-11)3-2-4-7(8,9)10/h2-5,11H,1H3/b4-2+,6-3-,11-5?. The van der Waals surface area contributed by atoms with E-state index in [2.05, 4.69) is 0 Å². The van der Waals surface area contributed by atoms with E-state index < -0.39 is 6.18 Å². The normalized spacial score (nSPS) is 14.0. The molecule has 62 valence electrons. The van der Waals surface area contributed by atoms with Gasteiger partial charge in [-0.25, -0.2) is 0 Å². The van der Waals surface area contributed by atoms with Crippen molar-refractivity contribution >= 4 is 6.21 Å². The summed E-state index contributed by atoms with van der Waals surface area (Å²) in [5, 5.41) is 6.63. The molecule has 0 aromatic rings. The third-order valence-corrected chi connectivity index (χ3v) is 0.872. The molecule has 0 unspecified atom stereocenters. The minimum Gasteiger partial charge on any atom is -0.308 e. The Bertz CT molecular complexity index is 188. The summed E-state index contributed by atoms with van der Waals surface area (Å²) >= 11 is 0. The zero-order valence-electron chi connectivity index (χ0n) is 5.94. The highest BCUT2D eigenvalue weighted by Gasteiger charge is 2.21. The van der Waals surface area contributed by atoms with E-state index in [9.17, 15) is 13.2 Å². The maximum Gasteiger partial charge on any atom is 0.409 e. The first-order valence-corrected chi connectivity index (χ1v) is 2.89. The minimum absolute atomic E-state index is 0.125. The Labute approximate surface area is 62.7 Å². The summed E-state index contributed by atoms with van der Waals surface area (Å²) in [6.45, 7) is 1.55. The van der Waals surface area contributed by atoms with Gasteiger partial charge < -0.3 is 5.41 Å². The molecule has 0 radical (unpaired) electrons. The van der Waals surface area contributed by atoms with Crippen LogP contribution in [-0.2, 0) is 0 Å². The lowest BCUT2D eigenvalue weighted by molar-refractivity contribution is -0.0798. The van der Waals surface area contributed by atoms with Crippen molar-refractivity contribution in [1.82, 2.24) is 0 Å². The van der Waals surface area contributed by atoms with Crippen molar-refractivity contribution in [3.05, 3.63) is 23.8 Å². The van der Waals surface area contributed by atoms with Gasteiger partial charge >= 0.3 is 6.18 Å². The molecule has 0 aromatic carbocycles. The predicted octanol–water partition coefficient (Wildman–Crippen LogP) is 2.70. The zero-order chi connectivity index (χ0) is 8.91. The Morgan fingerprint density at radius 3 is 2.27 bits per heavy atom. The lowest BCUT2D eigenvalue weighted by Crippen LogP contribution is -1.99. The van der Waals surface area contributed by atoms with Crippen LogP contribution in [0.15, 0.2) is 23.8 Å². The number of rotatable bonds is 2. The van der Waals surface area contributed by atoms with E-state index in [1.807, 2.05) is 0 Å². The van der Waals surface area contributed by atoms with Crippen molar-refractivity contribution in [3.63, 3.8) is 0 Å². The second-order valence-corrected chi connectivity index (χ2v) is 1.96. The summed E-state index contributed by atoms with van der Waals surface area (Å²) in [4.78, 5) is 0. The van der Waals surface area contributed by atoms with Crippen LogP contribution in [0.3, 0.4) is 0 Å².